The molecule has 0 bridgehead atoms. The summed E-state index contributed by atoms with van der Waals surface area (Å²) in [5, 5.41) is 2.86. The van der Waals surface area contributed by atoms with Crippen LogP contribution in [0, 0.1) is 11.8 Å². The molecular formula is C14H25N3O2. The molecule has 0 spiro atoms. The topological polar surface area (TPSA) is 75.4 Å². The van der Waals surface area contributed by atoms with Gasteiger partial charge in [-0.15, -0.1) is 0 Å². The average Bonchev–Trinajstić information content (AvgIpc) is 2.73. The number of nitrogens with zero attached hydrogens (tertiary/aromatic N) is 1. The van der Waals surface area contributed by atoms with Crippen molar-refractivity contribution in [2.45, 2.75) is 38.8 Å². The van der Waals surface area contributed by atoms with Crippen molar-refractivity contribution >= 4 is 11.8 Å². The molecule has 2 amide bonds. The highest BCUT2D eigenvalue weighted by Crippen LogP contribution is 2.17. The smallest absolute Gasteiger partial charge is 0.244 e. The van der Waals surface area contributed by atoms with Crippen molar-refractivity contribution in [3.63, 3.8) is 0 Å². The molecule has 19 heavy (non-hydrogen) atoms. The van der Waals surface area contributed by atoms with Crippen LogP contribution in [0.25, 0.3) is 0 Å². The van der Waals surface area contributed by atoms with Crippen LogP contribution in [0.3, 0.4) is 0 Å². The third-order valence-electron chi connectivity index (χ3n) is 3.22. The zero-order chi connectivity index (χ0) is 14.6. The summed E-state index contributed by atoms with van der Waals surface area (Å²) < 4.78 is 0. The Morgan fingerprint density at radius 2 is 2.00 bits per heavy atom. The second kappa shape index (κ2) is 6.70. The first-order valence-corrected chi connectivity index (χ1v) is 6.76. The summed E-state index contributed by atoms with van der Waals surface area (Å²) in [5.74, 6) is -0.0337. The minimum absolute atomic E-state index is 0.0520. The molecule has 0 aromatic heterocycles. The van der Waals surface area contributed by atoms with Crippen LogP contribution in [-0.2, 0) is 9.59 Å². The number of likely N-dealkylation sites (N-methyl/N-ethyl adjacent to an activating group) is 1. The van der Waals surface area contributed by atoms with Crippen LogP contribution < -0.4 is 11.1 Å². The van der Waals surface area contributed by atoms with Gasteiger partial charge in [0.2, 0.25) is 11.8 Å². The van der Waals surface area contributed by atoms with Crippen LogP contribution >= 0.6 is 0 Å². The molecule has 3 unspecified atom stereocenters. The lowest BCUT2D eigenvalue weighted by molar-refractivity contribution is -0.135. The monoisotopic (exact) mass is 267 g/mol. The maximum Gasteiger partial charge on any atom is 0.244 e. The van der Waals surface area contributed by atoms with Gasteiger partial charge in [-0.1, -0.05) is 26.0 Å². The molecule has 0 aliphatic heterocycles. The predicted molar refractivity (Wildman–Crippen MR) is 75.3 cm³/mol. The van der Waals surface area contributed by atoms with Gasteiger partial charge in [-0.25, -0.2) is 0 Å². The van der Waals surface area contributed by atoms with Gasteiger partial charge in [-0.05, 0) is 18.8 Å². The lowest BCUT2D eigenvalue weighted by atomic mass is 10.0. The predicted octanol–water partition coefficient (Wildman–Crippen LogP) is 0.509. The molecule has 0 saturated heterocycles. The van der Waals surface area contributed by atoms with Crippen LogP contribution in [0.5, 0.6) is 0 Å². The summed E-state index contributed by atoms with van der Waals surface area (Å²) >= 11 is 0. The van der Waals surface area contributed by atoms with Gasteiger partial charge in [-0.3, -0.25) is 9.59 Å². The van der Waals surface area contributed by atoms with Gasteiger partial charge >= 0.3 is 0 Å². The molecule has 3 N–H and O–H groups in total. The summed E-state index contributed by atoms with van der Waals surface area (Å²) in [6.45, 7) is 4.07. The molecule has 1 aliphatic carbocycles. The fourth-order valence-corrected chi connectivity index (χ4v) is 2.20. The van der Waals surface area contributed by atoms with Crippen molar-refractivity contribution in [3.05, 3.63) is 12.2 Å². The summed E-state index contributed by atoms with van der Waals surface area (Å²) in [5.41, 5.74) is 5.74. The number of carbonyl (C=O) groups excluding carboxylic acids is 2. The third kappa shape index (κ3) is 4.67. The zero-order valence-corrected chi connectivity index (χ0v) is 12.2. The van der Waals surface area contributed by atoms with E-state index in [1.807, 2.05) is 26.0 Å². The molecule has 0 aromatic rings. The van der Waals surface area contributed by atoms with Crippen LogP contribution in [-0.4, -0.2) is 42.9 Å². The minimum Gasteiger partial charge on any atom is -0.347 e. The fourth-order valence-electron chi connectivity index (χ4n) is 2.20. The summed E-state index contributed by atoms with van der Waals surface area (Å²) in [4.78, 5) is 25.7. The van der Waals surface area contributed by atoms with Crippen molar-refractivity contribution in [3.8, 4) is 0 Å². The molecule has 1 aliphatic rings. The highest BCUT2D eigenvalue weighted by Gasteiger charge is 2.28. The lowest BCUT2D eigenvalue weighted by Gasteiger charge is -2.24. The van der Waals surface area contributed by atoms with E-state index in [4.69, 9.17) is 5.73 Å². The van der Waals surface area contributed by atoms with Crippen molar-refractivity contribution in [1.82, 2.24) is 10.2 Å². The molecular weight excluding hydrogens is 242 g/mol. The van der Waals surface area contributed by atoms with Crippen molar-refractivity contribution in [2.24, 2.45) is 17.6 Å². The van der Waals surface area contributed by atoms with Crippen molar-refractivity contribution in [1.29, 1.82) is 0 Å². The highest BCUT2D eigenvalue weighted by atomic mass is 16.2. The number of nitrogens with two attached hydrogens (primary N) is 1. The Hall–Kier alpha value is -1.36. The Balaban J connectivity index is 2.64. The molecule has 0 fully saturated rings. The van der Waals surface area contributed by atoms with Crippen molar-refractivity contribution < 1.29 is 9.59 Å². The lowest BCUT2D eigenvalue weighted by Crippen LogP contribution is -2.48. The molecule has 3 atom stereocenters. The van der Waals surface area contributed by atoms with Gasteiger partial charge in [0.25, 0.3) is 0 Å². The molecule has 5 nitrogen and oxygen atoms in total. The first-order valence-electron chi connectivity index (χ1n) is 6.76. The quantitative estimate of drug-likeness (QED) is 0.713. The first-order chi connectivity index (χ1) is 8.81. The van der Waals surface area contributed by atoms with E-state index in [0.29, 0.717) is 18.8 Å². The zero-order valence-electron chi connectivity index (χ0n) is 12.2. The number of carbonyl (C=O) groups is 2. The number of hydrogen-bond acceptors (Lipinski definition) is 3. The first kappa shape index (κ1) is 15.7. The van der Waals surface area contributed by atoms with Gasteiger partial charge in [0, 0.05) is 20.1 Å². The van der Waals surface area contributed by atoms with E-state index in [0.717, 1.165) is 0 Å². The number of nitrogens with one attached hydrogen (secondary N) is 1. The molecule has 0 radical (unpaired) electrons. The average molecular weight is 267 g/mol. The van der Waals surface area contributed by atoms with E-state index >= 15 is 0 Å². The summed E-state index contributed by atoms with van der Waals surface area (Å²) in [6, 6.07) is -0.503. The van der Waals surface area contributed by atoms with Crippen LogP contribution in [0.4, 0.5) is 0 Å². The van der Waals surface area contributed by atoms with Crippen LogP contribution in [0.15, 0.2) is 12.2 Å². The van der Waals surface area contributed by atoms with E-state index in [2.05, 4.69) is 5.32 Å². The highest BCUT2D eigenvalue weighted by molar-refractivity contribution is 5.89. The number of rotatable bonds is 5. The van der Waals surface area contributed by atoms with E-state index in [-0.39, 0.29) is 23.8 Å². The maximum atomic E-state index is 12.1. The SMILES string of the molecule is CC(C)CC(NC(=O)C1C=CC(N)C1)C(=O)N(C)C. The maximum absolute atomic E-state index is 12.1. The molecule has 108 valence electrons. The summed E-state index contributed by atoms with van der Waals surface area (Å²) in [7, 11) is 3.40. The van der Waals surface area contributed by atoms with E-state index in [1.165, 1.54) is 4.90 Å². The molecule has 0 aromatic carbocycles. The fraction of sp³-hybridized carbons (Fsp3) is 0.714. The van der Waals surface area contributed by atoms with Gasteiger partial charge in [0.1, 0.15) is 6.04 Å². The van der Waals surface area contributed by atoms with Gasteiger partial charge in [0.05, 0.1) is 5.92 Å². The number of amides is 2. The normalized spacial score (nSPS) is 23.5. The Labute approximate surface area is 115 Å². The van der Waals surface area contributed by atoms with E-state index in [9.17, 15) is 9.59 Å². The largest absolute Gasteiger partial charge is 0.347 e. The van der Waals surface area contributed by atoms with Gasteiger partial charge < -0.3 is 16.0 Å². The third-order valence-corrected chi connectivity index (χ3v) is 3.22. The Morgan fingerprint density at radius 1 is 1.37 bits per heavy atom. The van der Waals surface area contributed by atoms with E-state index < -0.39 is 6.04 Å². The molecule has 0 saturated carbocycles. The standard InChI is InChI=1S/C14H25N3O2/c1-9(2)7-12(14(19)17(3)4)16-13(18)10-5-6-11(15)8-10/h5-6,9-12H,7-8,15H2,1-4H3,(H,16,18). The van der Waals surface area contributed by atoms with Gasteiger partial charge in [0.15, 0.2) is 0 Å². The van der Waals surface area contributed by atoms with Crippen LogP contribution in [0.1, 0.15) is 26.7 Å². The molecule has 1 rings (SSSR count). The second-order valence-corrected chi connectivity index (χ2v) is 5.81. The summed E-state index contributed by atoms with van der Waals surface area (Å²) in [6.07, 6.45) is 4.93. The molecule has 0 heterocycles. The Kier molecular flexibility index (Phi) is 5.54. The minimum atomic E-state index is -0.451. The van der Waals surface area contributed by atoms with Crippen molar-refractivity contribution in [2.75, 3.05) is 14.1 Å². The Bertz CT molecular complexity index is 364. The molecule has 5 heteroatoms. The second-order valence-electron chi connectivity index (χ2n) is 5.81. The van der Waals surface area contributed by atoms with Crippen LogP contribution in [0.2, 0.25) is 0 Å². The van der Waals surface area contributed by atoms with E-state index in [1.54, 1.807) is 14.1 Å². The van der Waals surface area contributed by atoms with Gasteiger partial charge in [-0.2, -0.15) is 0 Å². The number of hydrogen-bond donors (Lipinski definition) is 2. The Morgan fingerprint density at radius 3 is 2.42 bits per heavy atom.